The number of pyridine rings is 1. The van der Waals surface area contributed by atoms with Crippen molar-refractivity contribution in [1.82, 2.24) is 14.8 Å². The number of hydrogen-bond acceptors (Lipinski definition) is 3. The summed E-state index contributed by atoms with van der Waals surface area (Å²) in [6.07, 6.45) is 3.26. The summed E-state index contributed by atoms with van der Waals surface area (Å²) in [6.45, 7) is 1.95. The van der Waals surface area contributed by atoms with Gasteiger partial charge in [0.2, 0.25) is 0 Å². The van der Waals surface area contributed by atoms with Gasteiger partial charge in [0.1, 0.15) is 6.07 Å². The second-order valence-corrected chi connectivity index (χ2v) is 2.90. The van der Waals surface area contributed by atoms with Gasteiger partial charge in [-0.3, -0.25) is 0 Å². The van der Waals surface area contributed by atoms with Gasteiger partial charge in [-0.1, -0.05) is 0 Å². The molecule has 0 aliphatic rings. The highest BCUT2D eigenvalue weighted by Crippen LogP contribution is 2.06. The van der Waals surface area contributed by atoms with Crippen LogP contribution in [0.5, 0.6) is 0 Å². The zero-order valence-corrected chi connectivity index (χ0v) is 7.68. The SMILES string of the molecule is Cc1ccnn1-c1ccc(C#N)cn1. The van der Waals surface area contributed by atoms with Gasteiger partial charge in [-0.25, -0.2) is 9.67 Å². The highest BCUT2D eigenvalue weighted by atomic mass is 15.3. The standard InChI is InChI=1S/C10H8N4/c1-8-4-5-13-14(8)10-3-2-9(6-11)7-12-10/h2-5,7H,1H3. The molecule has 4 heteroatoms. The molecule has 0 aliphatic carbocycles. The molecule has 0 atom stereocenters. The number of aryl methyl sites for hydroxylation is 1. The van der Waals surface area contributed by atoms with Crippen molar-refractivity contribution in [3.63, 3.8) is 0 Å². The minimum Gasteiger partial charge on any atom is -0.236 e. The average Bonchev–Trinajstić information content (AvgIpc) is 2.65. The third kappa shape index (κ3) is 1.36. The molecule has 2 aromatic rings. The summed E-state index contributed by atoms with van der Waals surface area (Å²) >= 11 is 0. The first-order valence-corrected chi connectivity index (χ1v) is 4.18. The molecule has 0 spiro atoms. The van der Waals surface area contributed by atoms with Crippen molar-refractivity contribution in [2.45, 2.75) is 6.92 Å². The van der Waals surface area contributed by atoms with E-state index in [1.807, 2.05) is 19.1 Å². The number of rotatable bonds is 1. The molecule has 0 bridgehead atoms. The molecule has 0 N–H and O–H groups in total. The summed E-state index contributed by atoms with van der Waals surface area (Å²) in [7, 11) is 0. The minimum absolute atomic E-state index is 0.554. The van der Waals surface area contributed by atoms with E-state index in [9.17, 15) is 0 Å². The molecule has 2 aromatic heterocycles. The normalized spacial score (nSPS) is 9.71. The monoisotopic (exact) mass is 184 g/mol. The number of aromatic nitrogens is 3. The molecule has 2 heterocycles. The summed E-state index contributed by atoms with van der Waals surface area (Å²) in [5, 5.41) is 12.7. The highest BCUT2D eigenvalue weighted by Gasteiger charge is 2.01. The summed E-state index contributed by atoms with van der Waals surface area (Å²) in [5.74, 6) is 0.728. The van der Waals surface area contributed by atoms with Crippen molar-refractivity contribution in [3.8, 4) is 11.9 Å². The Kier molecular flexibility index (Phi) is 1.99. The van der Waals surface area contributed by atoms with E-state index in [0.717, 1.165) is 11.5 Å². The van der Waals surface area contributed by atoms with Crippen molar-refractivity contribution in [1.29, 1.82) is 5.26 Å². The Morgan fingerprint density at radius 3 is 2.71 bits per heavy atom. The van der Waals surface area contributed by atoms with Crippen LogP contribution >= 0.6 is 0 Å². The molecule has 0 aromatic carbocycles. The van der Waals surface area contributed by atoms with Crippen molar-refractivity contribution >= 4 is 0 Å². The largest absolute Gasteiger partial charge is 0.236 e. The molecule has 0 saturated heterocycles. The van der Waals surface area contributed by atoms with Crippen molar-refractivity contribution in [2.24, 2.45) is 0 Å². The quantitative estimate of drug-likeness (QED) is 0.674. The molecular formula is C10H8N4. The van der Waals surface area contributed by atoms with Gasteiger partial charge in [0.05, 0.1) is 5.56 Å². The van der Waals surface area contributed by atoms with Crippen LogP contribution in [0.1, 0.15) is 11.3 Å². The van der Waals surface area contributed by atoms with Gasteiger partial charge >= 0.3 is 0 Å². The smallest absolute Gasteiger partial charge is 0.153 e. The molecule has 68 valence electrons. The van der Waals surface area contributed by atoms with Gasteiger partial charge in [0.15, 0.2) is 5.82 Å². The second-order valence-electron chi connectivity index (χ2n) is 2.90. The lowest BCUT2D eigenvalue weighted by molar-refractivity contribution is 0.817. The maximum Gasteiger partial charge on any atom is 0.153 e. The lowest BCUT2D eigenvalue weighted by Gasteiger charge is -2.01. The van der Waals surface area contributed by atoms with E-state index in [1.54, 1.807) is 23.0 Å². The Bertz CT molecular complexity index is 476. The first-order chi connectivity index (χ1) is 6.81. The van der Waals surface area contributed by atoms with E-state index < -0.39 is 0 Å². The van der Waals surface area contributed by atoms with Crippen LogP contribution in [0.2, 0.25) is 0 Å². The lowest BCUT2D eigenvalue weighted by atomic mass is 10.3. The van der Waals surface area contributed by atoms with E-state index in [4.69, 9.17) is 5.26 Å². The number of hydrogen-bond donors (Lipinski definition) is 0. The van der Waals surface area contributed by atoms with E-state index >= 15 is 0 Å². The van der Waals surface area contributed by atoms with E-state index in [1.165, 1.54) is 6.20 Å². The molecule has 0 radical (unpaired) electrons. The molecule has 0 fully saturated rings. The molecule has 0 aliphatic heterocycles. The number of nitriles is 1. The summed E-state index contributed by atoms with van der Waals surface area (Å²) in [6, 6.07) is 7.43. The number of nitrogens with zero attached hydrogens (tertiary/aromatic N) is 4. The van der Waals surface area contributed by atoms with Gasteiger partial charge < -0.3 is 0 Å². The maximum atomic E-state index is 8.60. The third-order valence-corrected chi connectivity index (χ3v) is 1.93. The Morgan fingerprint density at radius 1 is 1.36 bits per heavy atom. The Labute approximate surface area is 81.4 Å². The van der Waals surface area contributed by atoms with Crippen LogP contribution in [0.4, 0.5) is 0 Å². The predicted molar refractivity (Wildman–Crippen MR) is 50.8 cm³/mol. The van der Waals surface area contributed by atoms with Crippen LogP contribution in [-0.2, 0) is 0 Å². The third-order valence-electron chi connectivity index (χ3n) is 1.93. The predicted octanol–water partition coefficient (Wildman–Crippen LogP) is 1.45. The van der Waals surface area contributed by atoms with E-state index in [-0.39, 0.29) is 0 Å². The van der Waals surface area contributed by atoms with E-state index in [0.29, 0.717) is 5.56 Å². The lowest BCUT2D eigenvalue weighted by Crippen LogP contribution is -2.00. The zero-order chi connectivity index (χ0) is 9.97. The van der Waals surface area contributed by atoms with Gasteiger partial charge in [0.25, 0.3) is 0 Å². The van der Waals surface area contributed by atoms with Gasteiger partial charge in [-0.15, -0.1) is 0 Å². The first-order valence-electron chi connectivity index (χ1n) is 4.18. The van der Waals surface area contributed by atoms with Gasteiger partial charge in [0, 0.05) is 18.1 Å². The zero-order valence-electron chi connectivity index (χ0n) is 7.68. The Hall–Kier alpha value is -2.15. The topological polar surface area (TPSA) is 54.5 Å². The Balaban J connectivity index is 2.45. The van der Waals surface area contributed by atoms with Crippen LogP contribution < -0.4 is 0 Å². The summed E-state index contributed by atoms with van der Waals surface area (Å²) < 4.78 is 1.72. The highest BCUT2D eigenvalue weighted by molar-refractivity contribution is 5.32. The molecule has 2 rings (SSSR count). The molecule has 14 heavy (non-hydrogen) atoms. The van der Waals surface area contributed by atoms with Gasteiger partial charge in [-0.05, 0) is 25.1 Å². The molecule has 0 saturated carbocycles. The summed E-state index contributed by atoms with van der Waals surface area (Å²) in [4.78, 5) is 4.13. The maximum absolute atomic E-state index is 8.60. The minimum atomic E-state index is 0.554. The van der Waals surface area contributed by atoms with Gasteiger partial charge in [-0.2, -0.15) is 10.4 Å². The van der Waals surface area contributed by atoms with Crippen molar-refractivity contribution in [2.75, 3.05) is 0 Å². The average molecular weight is 184 g/mol. The van der Waals surface area contributed by atoms with Crippen molar-refractivity contribution in [3.05, 3.63) is 41.9 Å². The van der Waals surface area contributed by atoms with E-state index in [2.05, 4.69) is 10.1 Å². The molecule has 4 nitrogen and oxygen atoms in total. The van der Waals surface area contributed by atoms with Crippen LogP contribution in [0.15, 0.2) is 30.6 Å². The van der Waals surface area contributed by atoms with Crippen LogP contribution in [0.3, 0.4) is 0 Å². The van der Waals surface area contributed by atoms with Crippen molar-refractivity contribution < 1.29 is 0 Å². The second kappa shape index (κ2) is 3.30. The van der Waals surface area contributed by atoms with Crippen LogP contribution in [0, 0.1) is 18.3 Å². The summed E-state index contributed by atoms with van der Waals surface area (Å²) in [5.41, 5.74) is 1.57. The fourth-order valence-corrected chi connectivity index (χ4v) is 1.19. The van der Waals surface area contributed by atoms with Crippen LogP contribution in [-0.4, -0.2) is 14.8 Å². The molecular weight excluding hydrogens is 176 g/mol. The molecule has 0 amide bonds. The molecule has 0 unspecified atom stereocenters. The first kappa shape index (κ1) is 8.45. The van der Waals surface area contributed by atoms with Crippen LogP contribution in [0.25, 0.3) is 5.82 Å². The fourth-order valence-electron chi connectivity index (χ4n) is 1.19. The fraction of sp³-hybridized carbons (Fsp3) is 0.100. The Morgan fingerprint density at radius 2 is 2.21 bits per heavy atom.